The van der Waals surface area contributed by atoms with Gasteiger partial charge in [0, 0.05) is 22.8 Å². The minimum atomic E-state index is -0.700. The van der Waals surface area contributed by atoms with E-state index in [1.54, 1.807) is 24.3 Å². The topological polar surface area (TPSA) is 77.0 Å². The summed E-state index contributed by atoms with van der Waals surface area (Å²) in [6.07, 6.45) is 1.18. The summed E-state index contributed by atoms with van der Waals surface area (Å²) >= 11 is 0. The molecule has 0 aliphatic carbocycles. The van der Waals surface area contributed by atoms with E-state index < -0.39 is 5.97 Å². The van der Waals surface area contributed by atoms with Gasteiger partial charge in [0.05, 0.1) is 19.4 Å². The summed E-state index contributed by atoms with van der Waals surface area (Å²) in [6, 6.07) is 25.8. The van der Waals surface area contributed by atoms with Gasteiger partial charge in [-0.25, -0.2) is 4.79 Å². The highest BCUT2D eigenvalue weighted by molar-refractivity contribution is 6.13. The van der Waals surface area contributed by atoms with Crippen LogP contribution in [-0.4, -0.2) is 31.2 Å². The fraction of sp³-hybridized carbons (Fsp3) is 0.115. The van der Waals surface area contributed by atoms with Crippen LogP contribution in [0.3, 0.4) is 0 Å². The van der Waals surface area contributed by atoms with E-state index >= 15 is 0 Å². The maximum Gasteiger partial charge on any atom is 0.356 e. The molecule has 1 N–H and O–H groups in total. The normalized spacial score (nSPS) is 10.8. The van der Waals surface area contributed by atoms with Crippen LogP contribution in [0.15, 0.2) is 102 Å². The lowest BCUT2D eigenvalue weighted by atomic mass is 10.0. The van der Waals surface area contributed by atoms with Crippen molar-refractivity contribution in [2.75, 3.05) is 13.7 Å². The average molecular weight is 428 g/mol. The third-order valence-electron chi connectivity index (χ3n) is 4.51. The number of carbonyl (C=O) groups is 2. The molecule has 162 valence electrons. The van der Waals surface area contributed by atoms with Crippen molar-refractivity contribution in [3.05, 3.63) is 113 Å². The molecule has 0 bridgehead atoms. The molecule has 0 fully saturated rings. The summed E-state index contributed by atoms with van der Waals surface area (Å²) in [7, 11) is 1.25. The van der Waals surface area contributed by atoms with Crippen molar-refractivity contribution in [1.82, 2.24) is 5.43 Å². The van der Waals surface area contributed by atoms with Gasteiger partial charge in [-0.2, -0.15) is 5.10 Å². The Bertz CT molecular complexity index is 1060. The van der Waals surface area contributed by atoms with Gasteiger partial charge in [0.1, 0.15) is 11.4 Å². The van der Waals surface area contributed by atoms with Crippen molar-refractivity contribution in [3.8, 4) is 5.75 Å². The monoisotopic (exact) mass is 428 g/mol. The van der Waals surface area contributed by atoms with E-state index in [0.29, 0.717) is 23.6 Å². The average Bonchev–Trinajstić information content (AvgIpc) is 2.85. The number of benzene rings is 3. The number of hydrogen-bond acceptors (Lipinski definition) is 6. The van der Waals surface area contributed by atoms with Gasteiger partial charge < -0.3 is 9.47 Å². The Morgan fingerprint density at radius 3 is 1.91 bits per heavy atom. The molecular formula is C26H24N2O4. The Balaban J connectivity index is 1.92. The predicted molar refractivity (Wildman–Crippen MR) is 124 cm³/mol. The molecule has 0 aliphatic heterocycles. The number of nitrogens with zero attached hydrogens (tertiary/aromatic N) is 1. The van der Waals surface area contributed by atoms with Gasteiger partial charge in [-0.05, 0) is 31.2 Å². The number of ether oxygens (including phenoxy) is 2. The standard InChI is InChI=1S/C26H24N2O4/c1-3-32-22-16-14-19(15-17-22)24(29)18-23(26(30)31-2)27-28-25(20-10-6-4-7-11-20)21-12-8-5-9-13-21/h4-18,27H,3H2,1-2H3. The molecule has 0 radical (unpaired) electrons. The van der Waals surface area contributed by atoms with Crippen LogP contribution in [0.1, 0.15) is 28.4 Å². The summed E-state index contributed by atoms with van der Waals surface area (Å²) in [5.41, 5.74) is 5.39. The molecule has 0 aliphatic rings. The largest absolute Gasteiger partial charge is 0.494 e. The first-order valence-electron chi connectivity index (χ1n) is 10.1. The zero-order valence-electron chi connectivity index (χ0n) is 17.9. The predicted octanol–water partition coefficient (Wildman–Crippen LogP) is 4.37. The van der Waals surface area contributed by atoms with Gasteiger partial charge in [-0.1, -0.05) is 60.7 Å². The Morgan fingerprint density at radius 1 is 0.844 bits per heavy atom. The molecule has 3 aromatic carbocycles. The summed E-state index contributed by atoms with van der Waals surface area (Å²) in [4.78, 5) is 25.0. The number of ketones is 1. The maximum atomic E-state index is 12.7. The van der Waals surface area contributed by atoms with Gasteiger partial charge in [-0.15, -0.1) is 0 Å². The van der Waals surface area contributed by atoms with Crippen molar-refractivity contribution in [2.45, 2.75) is 6.92 Å². The van der Waals surface area contributed by atoms with Crippen molar-refractivity contribution in [3.63, 3.8) is 0 Å². The molecule has 6 nitrogen and oxygen atoms in total. The molecule has 0 aromatic heterocycles. The molecular weight excluding hydrogens is 404 g/mol. The zero-order chi connectivity index (χ0) is 22.8. The highest BCUT2D eigenvalue weighted by atomic mass is 16.5. The van der Waals surface area contributed by atoms with Crippen molar-refractivity contribution in [2.24, 2.45) is 5.10 Å². The van der Waals surface area contributed by atoms with E-state index in [9.17, 15) is 9.59 Å². The first-order valence-corrected chi connectivity index (χ1v) is 10.1. The number of hydrazone groups is 1. The Labute approximate surface area is 187 Å². The third-order valence-corrected chi connectivity index (χ3v) is 4.51. The molecule has 0 amide bonds. The highest BCUT2D eigenvalue weighted by Gasteiger charge is 2.14. The maximum absolute atomic E-state index is 12.7. The van der Waals surface area contributed by atoms with E-state index in [1.165, 1.54) is 13.2 Å². The molecule has 0 atom stereocenters. The van der Waals surface area contributed by atoms with Crippen LogP contribution in [0.25, 0.3) is 0 Å². The van der Waals surface area contributed by atoms with E-state index in [2.05, 4.69) is 10.5 Å². The second-order valence-electron chi connectivity index (χ2n) is 6.68. The molecule has 0 saturated carbocycles. The first kappa shape index (κ1) is 22.5. The van der Waals surface area contributed by atoms with Crippen LogP contribution < -0.4 is 10.2 Å². The molecule has 0 heterocycles. The number of allylic oxidation sites excluding steroid dienone is 1. The number of nitrogens with one attached hydrogen (secondary N) is 1. The summed E-state index contributed by atoms with van der Waals surface area (Å²) in [5, 5.41) is 4.44. The first-order chi connectivity index (χ1) is 15.6. The molecule has 0 spiro atoms. The SMILES string of the molecule is CCOc1ccc(C(=O)C=C(NN=C(c2ccccc2)c2ccccc2)C(=O)OC)cc1. The van der Waals surface area contributed by atoms with Crippen molar-refractivity contribution < 1.29 is 19.1 Å². The van der Waals surface area contributed by atoms with Gasteiger partial charge >= 0.3 is 5.97 Å². The Hall–Kier alpha value is -4.19. The summed E-state index contributed by atoms with van der Waals surface area (Å²) in [5.74, 6) is -0.398. The fourth-order valence-electron chi connectivity index (χ4n) is 2.95. The fourth-order valence-corrected chi connectivity index (χ4v) is 2.95. The number of carbonyl (C=O) groups excluding carboxylic acids is 2. The Kier molecular flexibility index (Phi) is 7.92. The second-order valence-corrected chi connectivity index (χ2v) is 6.68. The second kappa shape index (κ2) is 11.3. The number of rotatable bonds is 9. The summed E-state index contributed by atoms with van der Waals surface area (Å²) in [6.45, 7) is 2.42. The molecule has 3 aromatic rings. The summed E-state index contributed by atoms with van der Waals surface area (Å²) < 4.78 is 10.2. The molecule has 32 heavy (non-hydrogen) atoms. The highest BCUT2D eigenvalue weighted by Crippen LogP contribution is 2.14. The molecule has 6 heteroatoms. The smallest absolute Gasteiger partial charge is 0.356 e. The number of methoxy groups -OCH3 is 1. The van der Waals surface area contributed by atoms with Crippen LogP contribution in [0.2, 0.25) is 0 Å². The minimum Gasteiger partial charge on any atom is -0.494 e. The van der Waals surface area contributed by atoms with Gasteiger partial charge in [-0.3, -0.25) is 10.2 Å². The van der Waals surface area contributed by atoms with E-state index in [-0.39, 0.29) is 11.5 Å². The minimum absolute atomic E-state index is 0.0734. The van der Waals surface area contributed by atoms with E-state index in [0.717, 1.165) is 11.1 Å². The van der Waals surface area contributed by atoms with Crippen LogP contribution in [-0.2, 0) is 9.53 Å². The quantitative estimate of drug-likeness (QED) is 0.180. The molecule has 0 unspecified atom stereocenters. The van der Waals surface area contributed by atoms with Crippen LogP contribution in [0, 0.1) is 0 Å². The van der Waals surface area contributed by atoms with E-state index in [1.807, 2.05) is 67.6 Å². The lowest BCUT2D eigenvalue weighted by Gasteiger charge is -2.10. The van der Waals surface area contributed by atoms with Gasteiger partial charge in [0.25, 0.3) is 0 Å². The van der Waals surface area contributed by atoms with E-state index in [4.69, 9.17) is 9.47 Å². The zero-order valence-corrected chi connectivity index (χ0v) is 17.9. The molecule has 0 saturated heterocycles. The third kappa shape index (κ3) is 5.92. The van der Waals surface area contributed by atoms with Gasteiger partial charge in [0.2, 0.25) is 0 Å². The number of hydrogen-bond donors (Lipinski definition) is 1. The van der Waals surface area contributed by atoms with Crippen molar-refractivity contribution >= 4 is 17.5 Å². The van der Waals surface area contributed by atoms with Crippen LogP contribution >= 0.6 is 0 Å². The lowest BCUT2D eigenvalue weighted by molar-refractivity contribution is -0.136. The van der Waals surface area contributed by atoms with Crippen molar-refractivity contribution in [1.29, 1.82) is 0 Å². The van der Waals surface area contributed by atoms with Crippen LogP contribution in [0.5, 0.6) is 5.75 Å². The lowest BCUT2D eigenvalue weighted by Crippen LogP contribution is -2.21. The number of esters is 1. The van der Waals surface area contributed by atoms with Gasteiger partial charge in [0.15, 0.2) is 5.78 Å². The molecule has 3 rings (SSSR count). The Morgan fingerprint density at radius 2 is 1.41 bits per heavy atom. The van der Waals surface area contributed by atoms with Crippen LogP contribution in [0.4, 0.5) is 0 Å².